The van der Waals surface area contributed by atoms with Gasteiger partial charge in [0.15, 0.2) is 0 Å². The van der Waals surface area contributed by atoms with Gasteiger partial charge in [-0.15, -0.1) is 0 Å². The van der Waals surface area contributed by atoms with Crippen molar-refractivity contribution in [2.24, 2.45) is 5.73 Å². The summed E-state index contributed by atoms with van der Waals surface area (Å²) in [6, 6.07) is -0.825. The summed E-state index contributed by atoms with van der Waals surface area (Å²) in [7, 11) is 1.42. The van der Waals surface area contributed by atoms with Crippen molar-refractivity contribution in [3.8, 4) is 0 Å². The number of hydrogen-bond donors (Lipinski definition) is 3. The van der Waals surface area contributed by atoms with Gasteiger partial charge in [0, 0.05) is 26.6 Å². The fourth-order valence-corrected chi connectivity index (χ4v) is 1.26. The maximum atomic E-state index is 11.6. The predicted octanol–water partition coefficient (Wildman–Crippen LogP) is -0.609. The Morgan fingerprint density at radius 1 is 1.44 bits per heavy atom. The molecule has 16 heavy (non-hydrogen) atoms. The molecule has 0 spiro atoms. The molecule has 0 saturated carbocycles. The van der Waals surface area contributed by atoms with E-state index in [1.54, 1.807) is 0 Å². The number of carbonyl (C=O) groups excluding carboxylic acids is 3. The first-order valence-corrected chi connectivity index (χ1v) is 5.27. The minimum Gasteiger partial charge on any atom is -0.353 e. The van der Waals surface area contributed by atoms with Gasteiger partial charge in [-0.25, -0.2) is 0 Å². The minimum atomic E-state index is -0.825. The molecule has 0 aromatic heterocycles. The fourth-order valence-electron chi connectivity index (χ4n) is 1.12. The quantitative estimate of drug-likeness (QED) is 0.546. The predicted molar refractivity (Wildman–Crippen MR) is 63.3 cm³/mol. The molecule has 0 aliphatic rings. The number of likely N-dealkylation sites (N-methyl/N-ethyl adjacent to an activating group) is 1. The minimum absolute atomic E-state index is 0.0286. The Morgan fingerprint density at radius 3 is 2.38 bits per heavy atom. The number of carbonyl (C=O) groups is 3. The summed E-state index contributed by atoms with van der Waals surface area (Å²) < 4.78 is 0. The zero-order valence-corrected chi connectivity index (χ0v) is 10.3. The molecule has 2 amide bonds. The van der Waals surface area contributed by atoms with Crippen LogP contribution in [0.5, 0.6) is 0 Å². The highest BCUT2D eigenvalue weighted by Gasteiger charge is 2.26. The smallest absolute Gasteiger partial charge is 0.278 e. The SMILES string of the molecule is CC(=O)C[C@@H](C(=O)NCCN)N(C)C(=O)S. The summed E-state index contributed by atoms with van der Waals surface area (Å²) >= 11 is 3.61. The number of thiol groups is 1. The topological polar surface area (TPSA) is 92.5 Å². The molecule has 0 radical (unpaired) electrons. The average Bonchev–Trinajstić information content (AvgIpc) is 2.21. The van der Waals surface area contributed by atoms with E-state index in [9.17, 15) is 14.4 Å². The Labute approximate surface area is 99.9 Å². The number of ketones is 1. The summed E-state index contributed by atoms with van der Waals surface area (Å²) in [5, 5.41) is 1.97. The van der Waals surface area contributed by atoms with Gasteiger partial charge in [0.2, 0.25) is 5.91 Å². The molecule has 0 fully saturated rings. The second kappa shape index (κ2) is 7.24. The van der Waals surface area contributed by atoms with Crippen LogP contribution >= 0.6 is 12.6 Å². The lowest BCUT2D eigenvalue weighted by Crippen LogP contribution is -2.48. The van der Waals surface area contributed by atoms with Crippen molar-refractivity contribution in [2.45, 2.75) is 19.4 Å². The van der Waals surface area contributed by atoms with Crippen molar-refractivity contribution in [3.63, 3.8) is 0 Å². The molecule has 0 saturated heterocycles. The summed E-state index contributed by atoms with van der Waals surface area (Å²) in [6.45, 7) is 1.97. The van der Waals surface area contributed by atoms with Crippen LogP contribution in [-0.2, 0) is 9.59 Å². The number of nitrogens with zero attached hydrogens (tertiary/aromatic N) is 1. The number of amides is 2. The van der Waals surface area contributed by atoms with Crippen LogP contribution in [0.25, 0.3) is 0 Å². The van der Waals surface area contributed by atoms with Gasteiger partial charge >= 0.3 is 0 Å². The summed E-state index contributed by atoms with van der Waals surface area (Å²) in [5.74, 6) is -0.570. The second-order valence-electron chi connectivity index (χ2n) is 3.40. The third-order valence-electron chi connectivity index (χ3n) is 2.00. The van der Waals surface area contributed by atoms with Gasteiger partial charge < -0.3 is 16.0 Å². The van der Waals surface area contributed by atoms with Crippen LogP contribution in [0.4, 0.5) is 4.79 Å². The van der Waals surface area contributed by atoms with Crippen molar-refractivity contribution in [1.29, 1.82) is 0 Å². The van der Waals surface area contributed by atoms with Gasteiger partial charge in [0.05, 0.1) is 0 Å². The van der Waals surface area contributed by atoms with Crippen LogP contribution in [0.3, 0.4) is 0 Å². The van der Waals surface area contributed by atoms with E-state index in [1.165, 1.54) is 14.0 Å². The third kappa shape index (κ3) is 5.13. The van der Waals surface area contributed by atoms with Gasteiger partial charge in [-0.1, -0.05) is 12.6 Å². The first kappa shape index (κ1) is 14.9. The van der Waals surface area contributed by atoms with Crippen molar-refractivity contribution in [2.75, 3.05) is 20.1 Å². The molecule has 0 bridgehead atoms. The van der Waals surface area contributed by atoms with Gasteiger partial charge in [-0.2, -0.15) is 0 Å². The molecule has 0 unspecified atom stereocenters. The maximum absolute atomic E-state index is 11.6. The van der Waals surface area contributed by atoms with Crippen LogP contribution in [0.1, 0.15) is 13.3 Å². The number of Topliss-reactive ketones (excluding diaryl/α,β-unsaturated/α-hetero) is 1. The molecule has 92 valence electrons. The van der Waals surface area contributed by atoms with Crippen molar-refractivity contribution in [3.05, 3.63) is 0 Å². The highest BCUT2D eigenvalue weighted by Crippen LogP contribution is 2.06. The van der Waals surface area contributed by atoms with Crippen LogP contribution in [0, 0.1) is 0 Å². The first-order valence-electron chi connectivity index (χ1n) is 4.83. The number of nitrogens with two attached hydrogens (primary N) is 1. The lowest BCUT2D eigenvalue weighted by atomic mass is 10.1. The van der Waals surface area contributed by atoms with E-state index in [2.05, 4.69) is 17.9 Å². The fraction of sp³-hybridized carbons (Fsp3) is 0.667. The van der Waals surface area contributed by atoms with Crippen molar-refractivity contribution < 1.29 is 14.4 Å². The maximum Gasteiger partial charge on any atom is 0.278 e. The van der Waals surface area contributed by atoms with Crippen LogP contribution in [-0.4, -0.2) is 48.0 Å². The monoisotopic (exact) mass is 247 g/mol. The van der Waals surface area contributed by atoms with Gasteiger partial charge in [0.25, 0.3) is 5.24 Å². The molecule has 6 nitrogen and oxygen atoms in total. The standard InChI is InChI=1S/C9H17N3O3S/c1-6(13)5-7(12(2)9(15)16)8(14)11-4-3-10/h7H,3-5,10H2,1-2H3,(H,11,14)(H,15,16)/t7-/m0/s1. The van der Waals surface area contributed by atoms with E-state index in [4.69, 9.17) is 5.73 Å². The van der Waals surface area contributed by atoms with Crippen LogP contribution in [0.15, 0.2) is 0 Å². The Morgan fingerprint density at radius 2 is 2.00 bits per heavy atom. The number of nitrogens with one attached hydrogen (secondary N) is 1. The Hall–Kier alpha value is -1.08. The summed E-state index contributed by atoms with van der Waals surface area (Å²) in [6.07, 6.45) is -0.0286. The van der Waals surface area contributed by atoms with E-state index in [1.807, 2.05) is 0 Å². The lowest BCUT2D eigenvalue weighted by molar-refractivity contribution is -0.128. The average molecular weight is 247 g/mol. The van der Waals surface area contributed by atoms with Gasteiger partial charge in [0.1, 0.15) is 11.8 Å². The van der Waals surface area contributed by atoms with E-state index in [-0.39, 0.29) is 12.2 Å². The Bertz CT molecular complexity index is 283. The molecule has 0 aromatic carbocycles. The van der Waals surface area contributed by atoms with E-state index >= 15 is 0 Å². The largest absolute Gasteiger partial charge is 0.353 e. The molecule has 3 N–H and O–H groups in total. The molecular formula is C9H17N3O3S. The van der Waals surface area contributed by atoms with Crippen LogP contribution in [0.2, 0.25) is 0 Å². The zero-order valence-electron chi connectivity index (χ0n) is 9.40. The lowest BCUT2D eigenvalue weighted by Gasteiger charge is -2.24. The molecule has 1 atom stereocenters. The van der Waals surface area contributed by atoms with E-state index in [0.29, 0.717) is 13.1 Å². The highest BCUT2D eigenvalue weighted by molar-refractivity contribution is 7.96. The Balaban J connectivity index is 4.58. The number of hydrogen-bond acceptors (Lipinski definition) is 4. The molecule has 0 aliphatic heterocycles. The zero-order chi connectivity index (χ0) is 12.7. The van der Waals surface area contributed by atoms with Gasteiger partial charge in [-0.05, 0) is 6.92 Å². The molecule has 7 heteroatoms. The van der Waals surface area contributed by atoms with Crippen molar-refractivity contribution in [1.82, 2.24) is 10.2 Å². The number of rotatable bonds is 6. The molecule has 0 aliphatic carbocycles. The second-order valence-corrected chi connectivity index (χ2v) is 3.78. The summed E-state index contributed by atoms with van der Waals surface area (Å²) in [4.78, 5) is 34.8. The van der Waals surface area contributed by atoms with Gasteiger partial charge in [-0.3, -0.25) is 14.4 Å². The normalized spacial score (nSPS) is 11.8. The Kier molecular flexibility index (Phi) is 6.75. The summed E-state index contributed by atoms with van der Waals surface area (Å²) in [5.41, 5.74) is 5.24. The van der Waals surface area contributed by atoms with Crippen LogP contribution < -0.4 is 11.1 Å². The van der Waals surface area contributed by atoms with E-state index < -0.39 is 17.2 Å². The van der Waals surface area contributed by atoms with E-state index in [0.717, 1.165) is 4.90 Å². The molecule has 0 rings (SSSR count). The molecule has 0 aromatic rings. The molecule has 0 heterocycles. The third-order valence-corrected chi connectivity index (χ3v) is 2.31. The molecular weight excluding hydrogens is 230 g/mol. The highest BCUT2D eigenvalue weighted by atomic mass is 32.1. The van der Waals surface area contributed by atoms with Crippen molar-refractivity contribution >= 4 is 29.6 Å². The first-order chi connectivity index (χ1) is 7.40.